The van der Waals surface area contributed by atoms with Gasteiger partial charge in [-0.3, -0.25) is 9.59 Å². The number of hydrogen-bond donors (Lipinski definition) is 3. The Bertz CT molecular complexity index is 518. The SMILES string of the molecule is CNC(=O)c1ccc(C)c(NC(=O)C(N)C(C)(C)C)c1. The first-order valence-electron chi connectivity index (χ1n) is 6.56. The smallest absolute Gasteiger partial charge is 0.251 e. The first kappa shape index (κ1) is 16.2. The van der Waals surface area contributed by atoms with Gasteiger partial charge in [0.25, 0.3) is 5.91 Å². The summed E-state index contributed by atoms with van der Waals surface area (Å²) in [5.74, 6) is -0.449. The fourth-order valence-electron chi connectivity index (χ4n) is 1.65. The van der Waals surface area contributed by atoms with Crippen molar-refractivity contribution in [3.63, 3.8) is 0 Å². The highest BCUT2D eigenvalue weighted by atomic mass is 16.2. The van der Waals surface area contributed by atoms with E-state index >= 15 is 0 Å². The molecule has 2 amide bonds. The Morgan fingerprint density at radius 2 is 1.85 bits per heavy atom. The maximum atomic E-state index is 12.1. The second-order valence-electron chi connectivity index (χ2n) is 5.94. The number of benzene rings is 1. The molecule has 0 radical (unpaired) electrons. The van der Waals surface area contributed by atoms with Crippen LogP contribution in [0.15, 0.2) is 18.2 Å². The maximum absolute atomic E-state index is 12.1. The molecular formula is C15H23N3O2. The van der Waals surface area contributed by atoms with Crippen LogP contribution in [0.2, 0.25) is 0 Å². The van der Waals surface area contributed by atoms with E-state index in [0.29, 0.717) is 11.3 Å². The normalized spacial score (nSPS) is 12.7. The molecule has 0 fully saturated rings. The van der Waals surface area contributed by atoms with Crippen molar-refractivity contribution in [1.82, 2.24) is 5.32 Å². The molecule has 1 atom stereocenters. The van der Waals surface area contributed by atoms with Gasteiger partial charge in [0.05, 0.1) is 6.04 Å². The van der Waals surface area contributed by atoms with E-state index in [1.54, 1.807) is 25.2 Å². The molecule has 4 N–H and O–H groups in total. The predicted octanol–water partition coefficient (Wildman–Crippen LogP) is 1.67. The van der Waals surface area contributed by atoms with Gasteiger partial charge in [0, 0.05) is 18.3 Å². The Morgan fingerprint density at radius 1 is 1.25 bits per heavy atom. The number of anilines is 1. The summed E-state index contributed by atoms with van der Waals surface area (Å²) in [6.45, 7) is 7.59. The molecule has 20 heavy (non-hydrogen) atoms. The summed E-state index contributed by atoms with van der Waals surface area (Å²) in [7, 11) is 1.57. The first-order chi connectivity index (χ1) is 9.16. The molecule has 0 saturated carbocycles. The molecule has 110 valence electrons. The third-order valence-corrected chi connectivity index (χ3v) is 3.20. The Morgan fingerprint density at radius 3 is 2.35 bits per heavy atom. The van der Waals surface area contributed by atoms with Gasteiger partial charge in [0.1, 0.15) is 0 Å². The zero-order valence-corrected chi connectivity index (χ0v) is 12.7. The van der Waals surface area contributed by atoms with Crippen LogP contribution in [0.4, 0.5) is 5.69 Å². The highest BCUT2D eigenvalue weighted by Gasteiger charge is 2.27. The Hall–Kier alpha value is -1.88. The lowest BCUT2D eigenvalue weighted by Gasteiger charge is -2.26. The molecule has 0 spiro atoms. The summed E-state index contributed by atoms with van der Waals surface area (Å²) in [6, 6.07) is 4.54. The maximum Gasteiger partial charge on any atom is 0.251 e. The third-order valence-electron chi connectivity index (χ3n) is 3.20. The van der Waals surface area contributed by atoms with E-state index in [-0.39, 0.29) is 17.2 Å². The number of nitrogens with one attached hydrogen (secondary N) is 2. The van der Waals surface area contributed by atoms with Gasteiger partial charge in [-0.15, -0.1) is 0 Å². The fraction of sp³-hybridized carbons (Fsp3) is 0.467. The van der Waals surface area contributed by atoms with Crippen molar-refractivity contribution in [3.8, 4) is 0 Å². The molecule has 0 heterocycles. The predicted molar refractivity (Wildman–Crippen MR) is 80.6 cm³/mol. The minimum atomic E-state index is -0.620. The number of carbonyl (C=O) groups is 2. The van der Waals surface area contributed by atoms with E-state index in [9.17, 15) is 9.59 Å². The minimum Gasteiger partial charge on any atom is -0.355 e. The second-order valence-corrected chi connectivity index (χ2v) is 5.94. The number of aryl methyl sites for hydroxylation is 1. The van der Waals surface area contributed by atoms with Gasteiger partial charge < -0.3 is 16.4 Å². The van der Waals surface area contributed by atoms with Crippen molar-refractivity contribution in [2.24, 2.45) is 11.1 Å². The van der Waals surface area contributed by atoms with E-state index < -0.39 is 6.04 Å². The van der Waals surface area contributed by atoms with Crippen LogP contribution in [-0.2, 0) is 4.79 Å². The molecule has 1 unspecified atom stereocenters. The molecule has 0 bridgehead atoms. The van der Waals surface area contributed by atoms with Crippen LogP contribution in [0.5, 0.6) is 0 Å². The molecule has 0 saturated heterocycles. The average molecular weight is 277 g/mol. The Kier molecular flexibility index (Phi) is 4.89. The summed E-state index contributed by atoms with van der Waals surface area (Å²) in [6.07, 6.45) is 0. The molecule has 0 aliphatic heterocycles. The molecule has 0 aliphatic carbocycles. The Balaban J connectivity index is 2.97. The number of rotatable bonds is 3. The van der Waals surface area contributed by atoms with E-state index in [0.717, 1.165) is 5.56 Å². The molecule has 1 aromatic carbocycles. The van der Waals surface area contributed by atoms with Crippen molar-refractivity contribution in [3.05, 3.63) is 29.3 Å². The lowest BCUT2D eigenvalue weighted by atomic mass is 9.87. The second kappa shape index (κ2) is 6.05. The summed E-state index contributed by atoms with van der Waals surface area (Å²) >= 11 is 0. The van der Waals surface area contributed by atoms with Crippen LogP contribution in [0.3, 0.4) is 0 Å². The number of amides is 2. The van der Waals surface area contributed by atoms with Gasteiger partial charge in [-0.2, -0.15) is 0 Å². The topological polar surface area (TPSA) is 84.2 Å². The van der Waals surface area contributed by atoms with Crippen molar-refractivity contribution >= 4 is 17.5 Å². The van der Waals surface area contributed by atoms with E-state index in [4.69, 9.17) is 5.73 Å². The van der Waals surface area contributed by atoms with Crippen molar-refractivity contribution in [2.45, 2.75) is 33.7 Å². The van der Waals surface area contributed by atoms with Crippen molar-refractivity contribution in [2.75, 3.05) is 12.4 Å². The first-order valence-corrected chi connectivity index (χ1v) is 6.56. The number of hydrogen-bond acceptors (Lipinski definition) is 3. The monoisotopic (exact) mass is 277 g/mol. The zero-order valence-electron chi connectivity index (χ0n) is 12.7. The number of nitrogens with two attached hydrogens (primary N) is 1. The lowest BCUT2D eigenvalue weighted by Crippen LogP contribution is -2.45. The van der Waals surface area contributed by atoms with Crippen molar-refractivity contribution in [1.29, 1.82) is 0 Å². The largest absolute Gasteiger partial charge is 0.355 e. The average Bonchev–Trinajstić information content (AvgIpc) is 2.38. The molecule has 1 aromatic rings. The summed E-state index contributed by atoms with van der Waals surface area (Å²) in [4.78, 5) is 23.7. The van der Waals surface area contributed by atoms with Gasteiger partial charge in [-0.25, -0.2) is 0 Å². The van der Waals surface area contributed by atoms with Crippen LogP contribution in [0, 0.1) is 12.3 Å². The van der Waals surface area contributed by atoms with E-state index in [1.165, 1.54) is 0 Å². The minimum absolute atomic E-state index is 0.194. The summed E-state index contributed by atoms with van der Waals surface area (Å²) in [5, 5.41) is 5.34. The highest BCUT2D eigenvalue weighted by Crippen LogP contribution is 2.21. The standard InChI is InChI=1S/C15H23N3O2/c1-9-6-7-10(13(19)17-5)8-11(9)18-14(20)12(16)15(2,3)4/h6-8,12H,16H2,1-5H3,(H,17,19)(H,18,20). The fourth-order valence-corrected chi connectivity index (χ4v) is 1.65. The third kappa shape index (κ3) is 3.81. The molecule has 5 nitrogen and oxygen atoms in total. The van der Waals surface area contributed by atoms with Gasteiger partial charge >= 0.3 is 0 Å². The highest BCUT2D eigenvalue weighted by molar-refractivity contribution is 5.99. The summed E-state index contributed by atoms with van der Waals surface area (Å²) in [5.41, 5.74) is 7.59. The summed E-state index contributed by atoms with van der Waals surface area (Å²) < 4.78 is 0. The Labute approximate surface area is 119 Å². The lowest BCUT2D eigenvalue weighted by molar-refractivity contribution is -0.119. The van der Waals surface area contributed by atoms with Gasteiger partial charge in [-0.1, -0.05) is 26.8 Å². The molecular weight excluding hydrogens is 254 g/mol. The number of carbonyl (C=O) groups excluding carboxylic acids is 2. The van der Waals surface area contributed by atoms with Crippen LogP contribution < -0.4 is 16.4 Å². The van der Waals surface area contributed by atoms with Crippen molar-refractivity contribution < 1.29 is 9.59 Å². The van der Waals surface area contributed by atoms with Crippen LogP contribution in [0.1, 0.15) is 36.7 Å². The van der Waals surface area contributed by atoms with E-state index in [2.05, 4.69) is 10.6 Å². The van der Waals surface area contributed by atoms with Gasteiger partial charge in [0.2, 0.25) is 5.91 Å². The van der Waals surface area contributed by atoms with Gasteiger partial charge in [0.15, 0.2) is 0 Å². The zero-order chi connectivity index (χ0) is 15.5. The van der Waals surface area contributed by atoms with Crippen LogP contribution in [0.25, 0.3) is 0 Å². The molecule has 0 aromatic heterocycles. The van der Waals surface area contributed by atoms with Crippen LogP contribution in [-0.4, -0.2) is 24.9 Å². The van der Waals surface area contributed by atoms with E-state index in [1.807, 2.05) is 27.7 Å². The molecule has 1 rings (SSSR count). The van der Waals surface area contributed by atoms with Crippen LogP contribution >= 0.6 is 0 Å². The van der Waals surface area contributed by atoms with Gasteiger partial charge in [-0.05, 0) is 30.0 Å². The molecule has 5 heteroatoms. The molecule has 0 aliphatic rings. The quantitative estimate of drug-likeness (QED) is 0.785.